The van der Waals surface area contributed by atoms with Gasteiger partial charge in [-0.1, -0.05) is 26.7 Å². The van der Waals surface area contributed by atoms with Gasteiger partial charge in [-0.25, -0.2) is 0 Å². The molecule has 0 saturated carbocycles. The van der Waals surface area contributed by atoms with Crippen molar-refractivity contribution in [3.63, 3.8) is 0 Å². The van der Waals surface area contributed by atoms with Crippen LogP contribution in [0.2, 0.25) is 5.82 Å². The summed E-state index contributed by atoms with van der Waals surface area (Å²) >= 11 is 0. The third-order valence-electron chi connectivity index (χ3n) is 2.92. The Morgan fingerprint density at radius 2 is 1.89 bits per heavy atom. The zero-order valence-electron chi connectivity index (χ0n) is 11.6. The lowest BCUT2D eigenvalue weighted by Gasteiger charge is -2.14. The second-order valence-electron chi connectivity index (χ2n) is 4.50. The van der Waals surface area contributed by atoms with Crippen LogP contribution in [0.4, 0.5) is 0 Å². The average Bonchev–Trinajstić information content (AvgIpc) is 2.36. The van der Waals surface area contributed by atoms with Gasteiger partial charge in [0.15, 0.2) is 5.78 Å². The molecular weight excluding hydrogens is 247 g/mol. The van der Waals surface area contributed by atoms with E-state index >= 15 is 0 Å². The molecule has 108 valence electrons. The van der Waals surface area contributed by atoms with Gasteiger partial charge in [0, 0.05) is 12.2 Å². The first-order chi connectivity index (χ1) is 8.93. The van der Waals surface area contributed by atoms with Crippen molar-refractivity contribution in [1.82, 2.24) is 5.32 Å². The Bertz CT molecular complexity index is 321. The van der Waals surface area contributed by atoms with Gasteiger partial charge < -0.3 is 20.8 Å². The molecule has 0 aliphatic carbocycles. The van der Waals surface area contributed by atoms with Gasteiger partial charge in [-0.2, -0.15) is 0 Å². The van der Waals surface area contributed by atoms with Crippen LogP contribution >= 0.6 is 0 Å². The quantitative estimate of drug-likeness (QED) is 0.263. The number of hydrogen-bond acceptors (Lipinski definition) is 5. The van der Waals surface area contributed by atoms with Crippen LogP contribution in [0, 0.1) is 5.41 Å². The first-order valence-electron chi connectivity index (χ1n) is 6.68. The van der Waals surface area contributed by atoms with Crippen LogP contribution in [-0.4, -0.2) is 41.1 Å². The number of nitrogens with one attached hydrogen (secondary N) is 2. The molecule has 7 heteroatoms. The predicted octanol–water partition coefficient (Wildman–Crippen LogP) is 0.525. The number of unbranched alkanes of at least 4 members (excludes halogenated alkanes) is 2. The Morgan fingerprint density at radius 3 is 2.37 bits per heavy atom. The second kappa shape index (κ2) is 9.69. The highest BCUT2D eigenvalue weighted by molar-refractivity contribution is 6.58. The van der Waals surface area contributed by atoms with E-state index in [4.69, 9.17) is 15.5 Å². The minimum absolute atomic E-state index is 0.216. The highest BCUT2D eigenvalue weighted by atomic mass is 16.4. The van der Waals surface area contributed by atoms with Crippen molar-refractivity contribution in [2.24, 2.45) is 0 Å². The molecule has 1 atom stereocenters. The Kier molecular flexibility index (Phi) is 9.07. The molecule has 0 fully saturated rings. The maximum atomic E-state index is 11.6. The number of rotatable bonds is 10. The second-order valence-corrected chi connectivity index (χ2v) is 4.50. The molecule has 0 aromatic carbocycles. The Morgan fingerprint density at radius 1 is 1.26 bits per heavy atom. The van der Waals surface area contributed by atoms with Gasteiger partial charge in [-0.3, -0.25) is 9.59 Å². The SMILES string of the molecule is CCCCCC(=O)NCC(=O)C(=N)C(CC)B(O)O. The first-order valence-corrected chi connectivity index (χ1v) is 6.68. The molecule has 1 amide bonds. The number of carbonyl (C=O) groups is 2. The van der Waals surface area contributed by atoms with E-state index in [1.165, 1.54) is 0 Å². The standard InChI is InChI=1S/C12H23BN2O4/c1-3-5-6-7-11(17)15-8-10(16)12(14)9(4-2)13(18)19/h9,14,18-19H,3-8H2,1-2H3,(H,15,17). The molecular formula is C12H23BN2O4. The summed E-state index contributed by atoms with van der Waals surface area (Å²) in [5.74, 6) is -1.69. The van der Waals surface area contributed by atoms with Gasteiger partial charge >= 0.3 is 7.12 Å². The third-order valence-corrected chi connectivity index (χ3v) is 2.92. The number of amides is 1. The first kappa shape index (κ1) is 17.8. The maximum Gasteiger partial charge on any atom is 0.461 e. The van der Waals surface area contributed by atoms with Gasteiger partial charge in [-0.15, -0.1) is 0 Å². The van der Waals surface area contributed by atoms with E-state index in [-0.39, 0.29) is 24.6 Å². The van der Waals surface area contributed by atoms with E-state index in [0.717, 1.165) is 19.3 Å². The van der Waals surface area contributed by atoms with Crippen molar-refractivity contribution >= 4 is 24.5 Å². The zero-order chi connectivity index (χ0) is 14.8. The summed E-state index contributed by atoms with van der Waals surface area (Å²) in [6.07, 6.45) is 3.41. The van der Waals surface area contributed by atoms with Gasteiger partial charge in [0.2, 0.25) is 5.91 Å². The lowest BCUT2D eigenvalue weighted by Crippen LogP contribution is -2.37. The molecule has 0 spiro atoms. The van der Waals surface area contributed by atoms with Crippen molar-refractivity contribution < 1.29 is 19.6 Å². The van der Waals surface area contributed by atoms with Crippen molar-refractivity contribution in [3.8, 4) is 0 Å². The topological polar surface area (TPSA) is 110 Å². The molecule has 6 nitrogen and oxygen atoms in total. The van der Waals surface area contributed by atoms with Crippen LogP contribution in [0.25, 0.3) is 0 Å². The smallest absolute Gasteiger partial charge is 0.427 e. The molecule has 4 N–H and O–H groups in total. The molecule has 0 rings (SSSR count). The fraction of sp³-hybridized carbons (Fsp3) is 0.750. The predicted molar refractivity (Wildman–Crippen MR) is 74.1 cm³/mol. The molecule has 0 radical (unpaired) electrons. The highest BCUT2D eigenvalue weighted by Crippen LogP contribution is 2.13. The van der Waals surface area contributed by atoms with Gasteiger partial charge in [0.05, 0.1) is 12.3 Å². The van der Waals surface area contributed by atoms with Crippen LogP contribution in [0.3, 0.4) is 0 Å². The summed E-state index contributed by atoms with van der Waals surface area (Å²) in [5.41, 5.74) is -0.355. The lowest BCUT2D eigenvalue weighted by molar-refractivity contribution is -0.123. The van der Waals surface area contributed by atoms with Gasteiger partial charge in [-0.05, 0) is 12.8 Å². The fourth-order valence-electron chi connectivity index (χ4n) is 1.67. The molecule has 0 saturated heterocycles. The van der Waals surface area contributed by atoms with Crippen LogP contribution in [0.15, 0.2) is 0 Å². The van der Waals surface area contributed by atoms with Crippen LogP contribution < -0.4 is 5.32 Å². The van der Waals surface area contributed by atoms with Crippen molar-refractivity contribution in [3.05, 3.63) is 0 Å². The monoisotopic (exact) mass is 270 g/mol. The molecule has 1 unspecified atom stereocenters. The minimum atomic E-state index is -1.72. The molecule has 0 aromatic rings. The van der Waals surface area contributed by atoms with E-state index < -0.39 is 18.7 Å². The summed E-state index contributed by atoms with van der Waals surface area (Å²) in [4.78, 5) is 23.0. The Balaban J connectivity index is 4.09. The van der Waals surface area contributed by atoms with E-state index in [9.17, 15) is 9.59 Å². The largest absolute Gasteiger partial charge is 0.461 e. The average molecular weight is 270 g/mol. The van der Waals surface area contributed by atoms with Crippen molar-refractivity contribution in [2.75, 3.05) is 6.54 Å². The molecule has 0 bridgehead atoms. The van der Waals surface area contributed by atoms with Crippen LogP contribution in [0.5, 0.6) is 0 Å². The maximum absolute atomic E-state index is 11.6. The number of Topliss-reactive ketones (excluding diaryl/α,β-unsaturated/α-hetero) is 1. The highest BCUT2D eigenvalue weighted by Gasteiger charge is 2.29. The van der Waals surface area contributed by atoms with E-state index in [1.807, 2.05) is 6.92 Å². The number of carbonyl (C=O) groups excluding carboxylic acids is 2. The molecule has 0 aromatic heterocycles. The number of ketones is 1. The lowest BCUT2D eigenvalue weighted by atomic mass is 9.67. The summed E-state index contributed by atoms with van der Waals surface area (Å²) in [5, 5.41) is 28.1. The Hall–Kier alpha value is -1.21. The number of hydrogen-bond donors (Lipinski definition) is 4. The summed E-state index contributed by atoms with van der Waals surface area (Å²) in [7, 11) is -1.72. The van der Waals surface area contributed by atoms with E-state index in [2.05, 4.69) is 5.32 Å². The molecule has 19 heavy (non-hydrogen) atoms. The normalized spacial score (nSPS) is 11.8. The molecule has 0 aliphatic rings. The third kappa shape index (κ3) is 7.08. The fourth-order valence-corrected chi connectivity index (χ4v) is 1.67. The van der Waals surface area contributed by atoms with E-state index in [1.54, 1.807) is 6.92 Å². The minimum Gasteiger partial charge on any atom is -0.427 e. The zero-order valence-corrected chi connectivity index (χ0v) is 11.6. The van der Waals surface area contributed by atoms with Crippen LogP contribution in [-0.2, 0) is 9.59 Å². The van der Waals surface area contributed by atoms with Gasteiger partial charge in [0.1, 0.15) is 0 Å². The van der Waals surface area contributed by atoms with E-state index in [0.29, 0.717) is 6.42 Å². The van der Waals surface area contributed by atoms with Crippen LogP contribution in [0.1, 0.15) is 46.0 Å². The van der Waals surface area contributed by atoms with Crippen molar-refractivity contribution in [2.45, 2.75) is 51.8 Å². The summed E-state index contributed by atoms with van der Waals surface area (Å²) in [6.45, 7) is 3.44. The Labute approximate surface area is 114 Å². The molecule has 0 heterocycles. The molecule has 0 aliphatic heterocycles. The van der Waals surface area contributed by atoms with Crippen molar-refractivity contribution in [1.29, 1.82) is 5.41 Å². The summed E-state index contributed by atoms with van der Waals surface area (Å²) in [6, 6.07) is 0. The summed E-state index contributed by atoms with van der Waals surface area (Å²) < 4.78 is 0. The van der Waals surface area contributed by atoms with Gasteiger partial charge in [0.25, 0.3) is 0 Å².